The maximum absolute atomic E-state index is 9.47. The average Bonchev–Trinajstić information content (AvgIpc) is 2.15. The minimum atomic E-state index is 0.442. The molecule has 0 aromatic heterocycles. The summed E-state index contributed by atoms with van der Waals surface area (Å²) in [6, 6.07) is 7.60. The van der Waals surface area contributed by atoms with Gasteiger partial charge < -0.3 is 5.11 Å². The number of rotatable bonds is 5. The van der Waals surface area contributed by atoms with Crippen LogP contribution in [0.5, 0.6) is 5.75 Å². The lowest BCUT2D eigenvalue weighted by Gasteiger charge is -2.02. The van der Waals surface area contributed by atoms with Crippen LogP contribution < -0.4 is 0 Å². The van der Waals surface area contributed by atoms with Gasteiger partial charge in [0.25, 0.3) is 0 Å². The van der Waals surface area contributed by atoms with Crippen LogP contribution in [0.3, 0.4) is 0 Å². The highest BCUT2D eigenvalue weighted by Crippen LogP contribution is 2.18. The van der Waals surface area contributed by atoms with Crippen LogP contribution in [0.4, 0.5) is 0 Å². The standard InChI is InChI=1S/C11H15IO/c12-9-5-1-2-6-10-7-3-4-8-11(10)13/h3-4,7-8,13H,1-2,5-6,9H2. The van der Waals surface area contributed by atoms with Crippen molar-refractivity contribution in [1.82, 2.24) is 0 Å². The molecule has 0 aliphatic rings. The lowest BCUT2D eigenvalue weighted by molar-refractivity contribution is 0.466. The lowest BCUT2D eigenvalue weighted by atomic mass is 10.1. The van der Waals surface area contributed by atoms with Gasteiger partial charge in [0.05, 0.1) is 0 Å². The van der Waals surface area contributed by atoms with Crippen molar-refractivity contribution in [2.45, 2.75) is 25.7 Å². The third kappa shape index (κ3) is 3.98. The predicted molar refractivity (Wildman–Crippen MR) is 64.5 cm³/mol. The van der Waals surface area contributed by atoms with E-state index in [1.54, 1.807) is 6.07 Å². The zero-order chi connectivity index (χ0) is 9.52. The van der Waals surface area contributed by atoms with E-state index in [4.69, 9.17) is 0 Å². The Morgan fingerprint density at radius 1 is 1.08 bits per heavy atom. The fraction of sp³-hybridized carbons (Fsp3) is 0.455. The fourth-order valence-electron chi connectivity index (χ4n) is 1.31. The summed E-state index contributed by atoms with van der Waals surface area (Å²) in [7, 11) is 0. The van der Waals surface area contributed by atoms with Crippen molar-refractivity contribution in [3.8, 4) is 5.75 Å². The Morgan fingerprint density at radius 3 is 2.54 bits per heavy atom. The SMILES string of the molecule is Oc1ccccc1CCCCCI. The van der Waals surface area contributed by atoms with Crippen LogP contribution in [0.1, 0.15) is 24.8 Å². The Bertz CT molecular complexity index is 248. The van der Waals surface area contributed by atoms with Gasteiger partial charge >= 0.3 is 0 Å². The number of aryl methyl sites for hydroxylation is 1. The van der Waals surface area contributed by atoms with Crippen LogP contribution in [0, 0.1) is 0 Å². The Kier molecular flexibility index (Phi) is 5.20. The molecule has 2 heteroatoms. The molecule has 0 saturated carbocycles. The number of unbranched alkanes of at least 4 members (excludes halogenated alkanes) is 2. The summed E-state index contributed by atoms with van der Waals surface area (Å²) < 4.78 is 1.23. The largest absolute Gasteiger partial charge is 0.508 e. The summed E-state index contributed by atoms with van der Waals surface area (Å²) >= 11 is 2.40. The number of phenolic OH excluding ortho intramolecular Hbond substituents is 1. The molecule has 0 saturated heterocycles. The molecule has 0 amide bonds. The Morgan fingerprint density at radius 2 is 1.85 bits per heavy atom. The molecule has 0 aliphatic carbocycles. The molecule has 0 heterocycles. The van der Waals surface area contributed by atoms with Gasteiger partial charge in [-0.3, -0.25) is 0 Å². The second-order valence-corrected chi connectivity index (χ2v) is 4.21. The summed E-state index contributed by atoms with van der Waals surface area (Å²) in [6.07, 6.45) is 4.73. The van der Waals surface area contributed by atoms with Gasteiger partial charge in [-0.05, 0) is 35.3 Å². The summed E-state index contributed by atoms with van der Waals surface area (Å²) in [4.78, 5) is 0. The van der Waals surface area contributed by atoms with Crippen molar-refractivity contribution >= 4 is 22.6 Å². The highest BCUT2D eigenvalue weighted by molar-refractivity contribution is 14.1. The molecule has 0 radical (unpaired) electrons. The van der Waals surface area contributed by atoms with Crippen molar-refractivity contribution in [3.05, 3.63) is 29.8 Å². The maximum Gasteiger partial charge on any atom is 0.118 e. The van der Waals surface area contributed by atoms with E-state index in [0.29, 0.717) is 5.75 Å². The zero-order valence-electron chi connectivity index (χ0n) is 7.67. The van der Waals surface area contributed by atoms with Crippen LogP contribution in [-0.4, -0.2) is 9.53 Å². The molecule has 1 nitrogen and oxygen atoms in total. The molecule has 0 atom stereocenters. The molecule has 1 aromatic rings. The molecule has 0 bridgehead atoms. The van der Waals surface area contributed by atoms with Crippen molar-refractivity contribution in [1.29, 1.82) is 0 Å². The molecular formula is C11H15IO. The fourth-order valence-corrected chi connectivity index (χ4v) is 1.85. The monoisotopic (exact) mass is 290 g/mol. The minimum Gasteiger partial charge on any atom is -0.508 e. The van der Waals surface area contributed by atoms with Gasteiger partial charge in [-0.25, -0.2) is 0 Å². The molecule has 1 rings (SSSR count). The first-order valence-electron chi connectivity index (χ1n) is 4.67. The quantitative estimate of drug-likeness (QED) is 0.499. The van der Waals surface area contributed by atoms with Gasteiger partial charge in [0.15, 0.2) is 0 Å². The van der Waals surface area contributed by atoms with E-state index in [1.165, 1.54) is 23.7 Å². The Labute approximate surface area is 93.3 Å². The molecule has 72 valence electrons. The minimum absolute atomic E-state index is 0.442. The molecule has 1 aromatic carbocycles. The number of hydrogen-bond acceptors (Lipinski definition) is 1. The van der Waals surface area contributed by atoms with Crippen molar-refractivity contribution in [3.63, 3.8) is 0 Å². The molecular weight excluding hydrogens is 275 g/mol. The first-order chi connectivity index (χ1) is 6.34. The van der Waals surface area contributed by atoms with Gasteiger partial charge in [0.2, 0.25) is 0 Å². The van der Waals surface area contributed by atoms with E-state index in [1.807, 2.05) is 18.2 Å². The van der Waals surface area contributed by atoms with E-state index in [0.717, 1.165) is 12.0 Å². The van der Waals surface area contributed by atoms with Gasteiger partial charge in [-0.1, -0.05) is 47.2 Å². The Hall–Kier alpha value is -0.250. The third-order valence-electron chi connectivity index (χ3n) is 2.07. The summed E-state index contributed by atoms with van der Waals surface area (Å²) in [6.45, 7) is 0. The van der Waals surface area contributed by atoms with E-state index in [2.05, 4.69) is 22.6 Å². The average molecular weight is 290 g/mol. The van der Waals surface area contributed by atoms with Gasteiger partial charge in [-0.15, -0.1) is 0 Å². The normalized spacial score (nSPS) is 10.2. The highest BCUT2D eigenvalue weighted by atomic mass is 127. The van der Waals surface area contributed by atoms with E-state index < -0.39 is 0 Å². The van der Waals surface area contributed by atoms with Crippen LogP contribution in [-0.2, 0) is 6.42 Å². The topological polar surface area (TPSA) is 20.2 Å². The second-order valence-electron chi connectivity index (χ2n) is 3.13. The van der Waals surface area contributed by atoms with Crippen LogP contribution in [0.25, 0.3) is 0 Å². The molecule has 13 heavy (non-hydrogen) atoms. The van der Waals surface area contributed by atoms with E-state index >= 15 is 0 Å². The van der Waals surface area contributed by atoms with E-state index in [-0.39, 0.29) is 0 Å². The van der Waals surface area contributed by atoms with Crippen molar-refractivity contribution in [2.24, 2.45) is 0 Å². The summed E-state index contributed by atoms with van der Waals surface area (Å²) in [5.41, 5.74) is 1.08. The third-order valence-corrected chi connectivity index (χ3v) is 2.83. The smallest absolute Gasteiger partial charge is 0.118 e. The molecule has 0 spiro atoms. The van der Waals surface area contributed by atoms with Crippen molar-refractivity contribution in [2.75, 3.05) is 4.43 Å². The maximum atomic E-state index is 9.47. The van der Waals surface area contributed by atoms with Gasteiger partial charge in [-0.2, -0.15) is 0 Å². The van der Waals surface area contributed by atoms with E-state index in [9.17, 15) is 5.11 Å². The number of benzene rings is 1. The number of para-hydroxylation sites is 1. The highest BCUT2D eigenvalue weighted by Gasteiger charge is 1.98. The molecule has 0 aliphatic heterocycles. The molecule has 0 fully saturated rings. The first kappa shape index (κ1) is 10.8. The molecule has 0 unspecified atom stereocenters. The first-order valence-corrected chi connectivity index (χ1v) is 6.20. The Balaban J connectivity index is 2.32. The second kappa shape index (κ2) is 6.24. The number of aromatic hydroxyl groups is 1. The van der Waals surface area contributed by atoms with Gasteiger partial charge in [0, 0.05) is 0 Å². The van der Waals surface area contributed by atoms with Crippen LogP contribution in [0.2, 0.25) is 0 Å². The number of hydrogen-bond donors (Lipinski definition) is 1. The predicted octanol–water partition coefficient (Wildman–Crippen LogP) is 3.54. The summed E-state index contributed by atoms with van der Waals surface area (Å²) in [5, 5.41) is 9.47. The zero-order valence-corrected chi connectivity index (χ0v) is 9.83. The number of halogens is 1. The number of phenols is 1. The molecule has 1 N–H and O–H groups in total. The van der Waals surface area contributed by atoms with Crippen LogP contribution >= 0.6 is 22.6 Å². The van der Waals surface area contributed by atoms with Crippen molar-refractivity contribution < 1.29 is 5.11 Å². The lowest BCUT2D eigenvalue weighted by Crippen LogP contribution is -1.86. The van der Waals surface area contributed by atoms with Crippen LogP contribution in [0.15, 0.2) is 24.3 Å². The summed E-state index contributed by atoms with van der Waals surface area (Å²) in [5.74, 6) is 0.442. The number of alkyl halides is 1. The van der Waals surface area contributed by atoms with Gasteiger partial charge in [0.1, 0.15) is 5.75 Å².